The number of nitrogens with one attached hydrogen (secondary N) is 1. The van der Waals surface area contributed by atoms with E-state index in [9.17, 15) is 14.9 Å². The van der Waals surface area contributed by atoms with Crippen molar-refractivity contribution in [1.82, 2.24) is 5.16 Å². The first-order valence-corrected chi connectivity index (χ1v) is 8.25. The summed E-state index contributed by atoms with van der Waals surface area (Å²) in [5.74, 6) is 1.40. The first kappa shape index (κ1) is 18.9. The van der Waals surface area contributed by atoms with Crippen molar-refractivity contribution in [1.29, 1.82) is 0 Å². The van der Waals surface area contributed by atoms with Gasteiger partial charge in [0.25, 0.3) is 11.6 Å². The number of methoxy groups -OCH3 is 1. The number of nitro benzene ring substituents is 1. The molecular weight excluding hydrogens is 366 g/mol. The Bertz CT molecular complexity index is 997. The number of amides is 1. The number of aryl methyl sites for hydroxylation is 1. The molecule has 9 nitrogen and oxygen atoms in total. The van der Waals surface area contributed by atoms with Crippen LogP contribution in [0.4, 0.5) is 11.5 Å². The fraction of sp³-hybridized carbons (Fsp3) is 0.158. The van der Waals surface area contributed by atoms with E-state index >= 15 is 0 Å². The van der Waals surface area contributed by atoms with Crippen molar-refractivity contribution >= 4 is 17.4 Å². The van der Waals surface area contributed by atoms with Crippen LogP contribution < -0.4 is 14.8 Å². The van der Waals surface area contributed by atoms with Crippen LogP contribution in [-0.4, -0.2) is 29.7 Å². The van der Waals surface area contributed by atoms with Crippen LogP contribution >= 0.6 is 0 Å². The van der Waals surface area contributed by atoms with Gasteiger partial charge in [0.15, 0.2) is 12.4 Å². The summed E-state index contributed by atoms with van der Waals surface area (Å²) < 4.78 is 15.6. The minimum Gasteiger partial charge on any atom is -0.497 e. The average molecular weight is 383 g/mol. The van der Waals surface area contributed by atoms with E-state index in [1.165, 1.54) is 18.2 Å². The molecule has 2 aromatic carbocycles. The standard InChI is InChI=1S/C19H17N3O6/c1-12-9-18(21-28-12)20-19(23)11-27-17-8-5-14(22(24)25)10-16(17)13-3-6-15(26-2)7-4-13/h3-10H,11H2,1-2H3,(H,20,21,23). The molecule has 1 aromatic heterocycles. The predicted molar refractivity (Wildman–Crippen MR) is 100 cm³/mol. The quantitative estimate of drug-likeness (QED) is 0.489. The lowest BCUT2D eigenvalue weighted by Crippen LogP contribution is -2.20. The summed E-state index contributed by atoms with van der Waals surface area (Å²) in [6, 6.07) is 12.7. The van der Waals surface area contributed by atoms with Gasteiger partial charge in [-0.3, -0.25) is 14.9 Å². The number of ether oxygens (including phenoxy) is 2. The number of hydrogen-bond donors (Lipinski definition) is 1. The molecule has 0 saturated carbocycles. The Balaban J connectivity index is 1.80. The van der Waals surface area contributed by atoms with Crippen LogP contribution in [0.25, 0.3) is 11.1 Å². The number of rotatable bonds is 7. The van der Waals surface area contributed by atoms with Gasteiger partial charge < -0.3 is 19.3 Å². The minimum absolute atomic E-state index is 0.0827. The second-order valence-electron chi connectivity index (χ2n) is 5.83. The van der Waals surface area contributed by atoms with Crippen LogP contribution in [0.5, 0.6) is 11.5 Å². The lowest BCUT2D eigenvalue weighted by molar-refractivity contribution is -0.384. The molecule has 0 aliphatic rings. The van der Waals surface area contributed by atoms with E-state index in [4.69, 9.17) is 14.0 Å². The summed E-state index contributed by atoms with van der Waals surface area (Å²) in [6.45, 7) is 1.41. The van der Waals surface area contributed by atoms with Gasteiger partial charge in [-0.2, -0.15) is 0 Å². The van der Waals surface area contributed by atoms with Crippen LogP contribution in [0.3, 0.4) is 0 Å². The Hall–Kier alpha value is -3.88. The lowest BCUT2D eigenvalue weighted by Gasteiger charge is -2.12. The Morgan fingerprint density at radius 3 is 2.57 bits per heavy atom. The van der Waals surface area contributed by atoms with E-state index in [2.05, 4.69) is 10.5 Å². The number of aromatic nitrogens is 1. The van der Waals surface area contributed by atoms with Crippen LogP contribution in [0, 0.1) is 17.0 Å². The summed E-state index contributed by atoms with van der Waals surface area (Å²) >= 11 is 0. The molecule has 1 heterocycles. The van der Waals surface area contributed by atoms with Gasteiger partial charge in [0, 0.05) is 23.8 Å². The zero-order chi connectivity index (χ0) is 20.1. The Morgan fingerprint density at radius 2 is 1.96 bits per heavy atom. The van der Waals surface area contributed by atoms with Gasteiger partial charge in [-0.05, 0) is 30.7 Å². The summed E-state index contributed by atoms with van der Waals surface area (Å²) in [4.78, 5) is 22.7. The van der Waals surface area contributed by atoms with Gasteiger partial charge in [0.05, 0.1) is 12.0 Å². The molecule has 0 unspecified atom stereocenters. The first-order chi connectivity index (χ1) is 13.5. The van der Waals surface area contributed by atoms with Crippen molar-refractivity contribution in [3.63, 3.8) is 0 Å². The summed E-state index contributed by atoms with van der Waals surface area (Å²) in [7, 11) is 1.55. The van der Waals surface area contributed by atoms with E-state index in [1.54, 1.807) is 44.4 Å². The van der Waals surface area contributed by atoms with E-state index in [0.29, 0.717) is 28.4 Å². The topological polar surface area (TPSA) is 117 Å². The van der Waals surface area contributed by atoms with Crippen molar-refractivity contribution in [2.75, 3.05) is 19.0 Å². The summed E-state index contributed by atoms with van der Waals surface area (Å²) in [6.07, 6.45) is 0. The van der Waals surface area contributed by atoms with Gasteiger partial charge in [-0.25, -0.2) is 0 Å². The highest BCUT2D eigenvalue weighted by atomic mass is 16.6. The smallest absolute Gasteiger partial charge is 0.270 e. The lowest BCUT2D eigenvalue weighted by atomic mass is 10.0. The fourth-order valence-electron chi connectivity index (χ4n) is 2.50. The van der Waals surface area contributed by atoms with Crippen molar-refractivity contribution in [3.05, 3.63) is 64.4 Å². The number of nitrogens with zero attached hydrogens (tertiary/aromatic N) is 2. The molecule has 0 saturated heterocycles. The molecule has 3 aromatic rings. The second kappa shape index (κ2) is 8.21. The monoisotopic (exact) mass is 383 g/mol. The summed E-state index contributed by atoms with van der Waals surface area (Å²) in [5, 5.41) is 17.3. The molecule has 0 aliphatic heterocycles. The van der Waals surface area contributed by atoms with Crippen LogP contribution in [0.2, 0.25) is 0 Å². The number of hydrogen-bond acceptors (Lipinski definition) is 7. The highest BCUT2D eigenvalue weighted by Crippen LogP contribution is 2.34. The largest absolute Gasteiger partial charge is 0.497 e. The number of nitro groups is 1. The van der Waals surface area contributed by atoms with Gasteiger partial charge in [0.2, 0.25) is 0 Å². The van der Waals surface area contributed by atoms with E-state index in [1.807, 2.05) is 0 Å². The highest BCUT2D eigenvalue weighted by molar-refractivity contribution is 5.91. The SMILES string of the molecule is COc1ccc(-c2cc([N+](=O)[O-])ccc2OCC(=O)Nc2cc(C)on2)cc1. The maximum absolute atomic E-state index is 12.1. The van der Waals surface area contributed by atoms with Crippen LogP contribution in [0.15, 0.2) is 53.1 Å². The first-order valence-electron chi connectivity index (χ1n) is 8.25. The molecule has 0 fully saturated rings. The molecule has 0 aliphatic carbocycles. The second-order valence-corrected chi connectivity index (χ2v) is 5.83. The van der Waals surface area contributed by atoms with Crippen molar-refractivity contribution < 1.29 is 23.7 Å². The number of carbonyl (C=O) groups is 1. The molecule has 1 amide bonds. The Labute approximate surface area is 160 Å². The third-order valence-electron chi connectivity index (χ3n) is 3.83. The maximum atomic E-state index is 12.1. The van der Waals surface area contributed by atoms with Gasteiger partial charge in [-0.15, -0.1) is 0 Å². The molecule has 0 radical (unpaired) electrons. The third kappa shape index (κ3) is 4.44. The molecular formula is C19H17N3O6. The van der Waals surface area contributed by atoms with Crippen molar-refractivity contribution in [2.45, 2.75) is 6.92 Å². The van der Waals surface area contributed by atoms with Crippen LogP contribution in [0.1, 0.15) is 5.76 Å². The number of non-ortho nitro benzene ring substituents is 1. The Morgan fingerprint density at radius 1 is 1.21 bits per heavy atom. The van der Waals surface area contributed by atoms with Gasteiger partial charge in [-0.1, -0.05) is 17.3 Å². The van der Waals surface area contributed by atoms with Gasteiger partial charge >= 0.3 is 0 Å². The molecule has 144 valence electrons. The summed E-state index contributed by atoms with van der Waals surface area (Å²) in [5.41, 5.74) is 1.09. The number of anilines is 1. The molecule has 28 heavy (non-hydrogen) atoms. The number of carbonyl (C=O) groups excluding carboxylic acids is 1. The minimum atomic E-state index is -0.490. The van der Waals surface area contributed by atoms with Crippen molar-refractivity contribution in [3.8, 4) is 22.6 Å². The van der Waals surface area contributed by atoms with Crippen LogP contribution in [-0.2, 0) is 4.79 Å². The third-order valence-corrected chi connectivity index (χ3v) is 3.83. The zero-order valence-corrected chi connectivity index (χ0v) is 15.2. The maximum Gasteiger partial charge on any atom is 0.270 e. The van der Waals surface area contributed by atoms with Crippen molar-refractivity contribution in [2.24, 2.45) is 0 Å². The van der Waals surface area contributed by atoms with E-state index in [-0.39, 0.29) is 18.1 Å². The zero-order valence-electron chi connectivity index (χ0n) is 15.2. The molecule has 0 bridgehead atoms. The Kier molecular flexibility index (Phi) is 5.54. The molecule has 9 heteroatoms. The highest BCUT2D eigenvalue weighted by Gasteiger charge is 2.15. The molecule has 0 spiro atoms. The average Bonchev–Trinajstić information content (AvgIpc) is 3.10. The van der Waals surface area contributed by atoms with E-state index in [0.717, 1.165) is 0 Å². The molecule has 0 atom stereocenters. The van der Waals surface area contributed by atoms with E-state index < -0.39 is 10.8 Å². The molecule has 1 N–H and O–H groups in total. The number of benzene rings is 2. The van der Waals surface area contributed by atoms with Gasteiger partial charge in [0.1, 0.15) is 17.3 Å². The molecule has 3 rings (SSSR count). The fourth-order valence-corrected chi connectivity index (χ4v) is 2.50. The predicted octanol–water partition coefficient (Wildman–Crippen LogP) is 3.58. The normalized spacial score (nSPS) is 10.4.